The number of carbonyl (C=O) groups excluding carboxylic acids is 4. The zero-order chi connectivity index (χ0) is 23.6. The minimum absolute atomic E-state index is 0.0410. The Bertz CT molecular complexity index is 636. The van der Waals surface area contributed by atoms with E-state index in [0.717, 1.165) is 0 Å². The second kappa shape index (κ2) is 13.7. The van der Waals surface area contributed by atoms with Crippen molar-refractivity contribution in [3.63, 3.8) is 0 Å². The Morgan fingerprint density at radius 1 is 0.710 bits per heavy atom. The summed E-state index contributed by atoms with van der Waals surface area (Å²) in [4.78, 5) is 51.6. The Morgan fingerprint density at radius 2 is 1.10 bits per heavy atom. The van der Waals surface area contributed by atoms with Gasteiger partial charge in [0.1, 0.15) is 5.78 Å². The van der Waals surface area contributed by atoms with E-state index in [2.05, 4.69) is 0 Å². The number of hydrogen-bond donors (Lipinski definition) is 0. The zero-order valence-corrected chi connectivity index (χ0v) is 18.5. The van der Waals surface area contributed by atoms with Crippen molar-refractivity contribution >= 4 is 23.9 Å². The fourth-order valence-electron chi connectivity index (χ4n) is 3.80. The molecule has 0 bridgehead atoms. The van der Waals surface area contributed by atoms with Crippen molar-refractivity contribution in [1.29, 1.82) is 0 Å². The summed E-state index contributed by atoms with van der Waals surface area (Å²) in [6.07, 6.45) is 0. The highest BCUT2D eigenvalue weighted by molar-refractivity contribution is 5.77. The molecular formula is C20H33F3N4O4. The van der Waals surface area contributed by atoms with E-state index in [9.17, 15) is 32.3 Å². The molecule has 0 N–H and O–H groups in total. The molecule has 0 aromatic carbocycles. The van der Waals surface area contributed by atoms with E-state index in [1.165, 1.54) is 11.8 Å². The molecule has 0 aliphatic carbocycles. The van der Waals surface area contributed by atoms with E-state index >= 15 is 0 Å². The molecule has 31 heavy (non-hydrogen) atoms. The Kier molecular flexibility index (Phi) is 12.1. The van der Waals surface area contributed by atoms with Crippen LogP contribution in [0.3, 0.4) is 0 Å². The quantitative estimate of drug-likeness (QED) is 0.465. The summed E-state index contributed by atoms with van der Waals surface area (Å²) in [7, 11) is 0. The lowest BCUT2D eigenvalue weighted by Gasteiger charge is -2.39. The Morgan fingerprint density at radius 3 is 1.48 bits per heavy atom. The van der Waals surface area contributed by atoms with E-state index in [4.69, 9.17) is 0 Å². The highest BCUT2D eigenvalue weighted by Crippen LogP contribution is 2.14. The number of nitrogens with zero attached hydrogens (tertiary/aromatic N) is 4. The monoisotopic (exact) mass is 450 g/mol. The zero-order valence-electron chi connectivity index (χ0n) is 18.5. The second-order valence-electron chi connectivity index (χ2n) is 8.34. The minimum Gasteiger partial charge on any atom is -0.299 e. The molecule has 0 aromatic rings. The molecule has 0 radical (unpaired) electrons. The highest BCUT2D eigenvalue weighted by atomic mass is 19.1. The number of carbonyl (C=O) groups is 4. The van der Waals surface area contributed by atoms with E-state index in [0.29, 0.717) is 6.54 Å². The molecule has 1 aliphatic rings. The number of rotatable bonds is 9. The Balaban J connectivity index is 3.17. The van der Waals surface area contributed by atoms with Crippen molar-refractivity contribution in [2.45, 2.75) is 26.8 Å². The van der Waals surface area contributed by atoms with Gasteiger partial charge in [0.2, 0.25) is 0 Å². The third-order valence-electron chi connectivity index (χ3n) is 5.32. The van der Waals surface area contributed by atoms with Gasteiger partial charge in [0.05, 0.1) is 26.2 Å². The van der Waals surface area contributed by atoms with Crippen molar-refractivity contribution < 1.29 is 32.3 Å². The summed E-state index contributed by atoms with van der Waals surface area (Å²) in [6, 6.07) is -4.78. The van der Waals surface area contributed by atoms with Gasteiger partial charge in [-0.25, -0.2) is 0 Å². The number of halogens is 3. The van der Waals surface area contributed by atoms with Gasteiger partial charge in [0.25, 0.3) is 0 Å². The molecule has 1 rings (SSSR count). The van der Waals surface area contributed by atoms with E-state index in [1.807, 2.05) is 18.7 Å². The molecular weight excluding hydrogens is 417 g/mol. The first-order valence-corrected chi connectivity index (χ1v) is 10.4. The first-order chi connectivity index (χ1) is 14.5. The van der Waals surface area contributed by atoms with Crippen LogP contribution in [0.1, 0.15) is 20.8 Å². The van der Waals surface area contributed by atoms with E-state index in [1.54, 1.807) is 9.80 Å². The highest BCUT2D eigenvalue weighted by Gasteiger charge is 2.28. The van der Waals surface area contributed by atoms with Crippen LogP contribution in [0, 0.1) is 5.92 Å². The van der Waals surface area contributed by atoms with E-state index in [-0.39, 0.29) is 63.6 Å². The van der Waals surface area contributed by atoms with Crippen LogP contribution in [0.15, 0.2) is 0 Å². The summed E-state index contributed by atoms with van der Waals surface area (Å²) in [5.41, 5.74) is 0. The minimum atomic E-state index is -1.54. The molecule has 8 nitrogen and oxygen atoms in total. The summed E-state index contributed by atoms with van der Waals surface area (Å²) >= 11 is 0. The topological polar surface area (TPSA) is 81.2 Å². The van der Waals surface area contributed by atoms with Crippen LogP contribution in [-0.4, -0.2) is 122 Å². The lowest BCUT2D eigenvalue weighted by atomic mass is 10.0. The van der Waals surface area contributed by atoms with Gasteiger partial charge in [-0.1, -0.05) is 13.8 Å². The molecule has 1 unspecified atom stereocenters. The van der Waals surface area contributed by atoms with Gasteiger partial charge in [0, 0.05) is 51.9 Å². The van der Waals surface area contributed by atoms with Crippen LogP contribution in [0.5, 0.6) is 0 Å². The predicted octanol–water partition coefficient (Wildman–Crippen LogP) is 0.310. The molecule has 0 amide bonds. The molecule has 1 fully saturated rings. The molecule has 1 saturated heterocycles. The third-order valence-corrected chi connectivity index (χ3v) is 5.32. The maximum atomic E-state index is 13.2. The van der Waals surface area contributed by atoms with Crippen molar-refractivity contribution in [3.05, 3.63) is 0 Å². The van der Waals surface area contributed by atoms with Crippen molar-refractivity contribution in [2.75, 3.05) is 72.0 Å². The van der Waals surface area contributed by atoms with Gasteiger partial charge < -0.3 is 0 Å². The average molecular weight is 451 g/mol. The Labute approximate surface area is 181 Å². The standard InChI is InChI=1S/C20H33F3N4O4/c1-15(2)17-11-26(14-20(23)31)7-6-24(12-18(21)29)4-5-25(13-19(22)30)8-9-27(17)10-16(3)28/h15,17H,4-14H2,1-3H3. The molecule has 0 aromatic heterocycles. The molecule has 178 valence electrons. The largest absolute Gasteiger partial charge is 0.315 e. The van der Waals surface area contributed by atoms with Gasteiger partial charge in [-0.3, -0.25) is 38.8 Å². The maximum Gasteiger partial charge on any atom is 0.315 e. The van der Waals surface area contributed by atoms with Crippen LogP contribution >= 0.6 is 0 Å². The normalized spacial score (nSPS) is 21.5. The fraction of sp³-hybridized carbons (Fsp3) is 0.800. The number of Topliss-reactive ketones (excluding diaryl/α,β-unsaturated/α-hetero) is 1. The lowest BCUT2D eigenvalue weighted by molar-refractivity contribution is -0.133. The van der Waals surface area contributed by atoms with Gasteiger partial charge in [-0.05, 0) is 12.8 Å². The maximum absolute atomic E-state index is 13.2. The smallest absolute Gasteiger partial charge is 0.299 e. The summed E-state index contributed by atoms with van der Waals surface area (Å²) < 4.78 is 39.3. The van der Waals surface area contributed by atoms with E-state index < -0.39 is 37.7 Å². The molecule has 1 atom stereocenters. The summed E-state index contributed by atoms with van der Waals surface area (Å²) in [6.45, 7) is 5.72. The van der Waals surface area contributed by atoms with Crippen LogP contribution in [0.25, 0.3) is 0 Å². The Hall–Kier alpha value is -1.69. The first kappa shape index (κ1) is 27.3. The SMILES string of the molecule is CC(=O)CN1CCN(CC(=O)F)CCN(CC(=O)F)CCN(CC(=O)F)CC1C(C)C. The number of hydrogen-bond acceptors (Lipinski definition) is 8. The van der Waals surface area contributed by atoms with Crippen molar-refractivity contribution in [3.8, 4) is 0 Å². The first-order valence-electron chi connectivity index (χ1n) is 10.4. The predicted molar refractivity (Wildman–Crippen MR) is 109 cm³/mol. The van der Waals surface area contributed by atoms with Gasteiger partial charge >= 0.3 is 18.1 Å². The molecule has 1 heterocycles. The van der Waals surface area contributed by atoms with Crippen LogP contribution < -0.4 is 0 Å². The van der Waals surface area contributed by atoms with Gasteiger partial charge in [-0.2, -0.15) is 13.2 Å². The molecule has 11 heteroatoms. The fourth-order valence-corrected chi connectivity index (χ4v) is 3.80. The average Bonchev–Trinajstić information content (AvgIpc) is 2.61. The second-order valence-corrected chi connectivity index (χ2v) is 8.34. The molecule has 0 saturated carbocycles. The van der Waals surface area contributed by atoms with Crippen LogP contribution in [0.4, 0.5) is 13.2 Å². The van der Waals surface area contributed by atoms with Crippen molar-refractivity contribution in [1.82, 2.24) is 19.6 Å². The van der Waals surface area contributed by atoms with Gasteiger partial charge in [-0.15, -0.1) is 0 Å². The van der Waals surface area contributed by atoms with Crippen LogP contribution in [-0.2, 0) is 19.2 Å². The third kappa shape index (κ3) is 11.5. The molecule has 1 aliphatic heterocycles. The van der Waals surface area contributed by atoms with Gasteiger partial charge in [0.15, 0.2) is 0 Å². The lowest BCUT2D eigenvalue weighted by Crippen LogP contribution is -2.54. The van der Waals surface area contributed by atoms with Crippen LogP contribution in [0.2, 0.25) is 0 Å². The number of ketones is 1. The van der Waals surface area contributed by atoms with Crippen molar-refractivity contribution in [2.24, 2.45) is 5.92 Å². The summed E-state index contributed by atoms with van der Waals surface area (Å²) in [5.74, 6) is -0.0362. The molecule has 0 spiro atoms. The summed E-state index contributed by atoms with van der Waals surface area (Å²) in [5, 5.41) is 0.